The van der Waals surface area contributed by atoms with E-state index in [2.05, 4.69) is 0 Å². The first-order valence-corrected chi connectivity index (χ1v) is 8.11. The predicted molar refractivity (Wildman–Crippen MR) is 69.7 cm³/mol. The molecule has 2 heterocycles. The van der Waals surface area contributed by atoms with Gasteiger partial charge < -0.3 is 0 Å². The van der Waals surface area contributed by atoms with E-state index in [0.29, 0.717) is 24.5 Å². The zero-order valence-electron chi connectivity index (χ0n) is 10.8. The van der Waals surface area contributed by atoms with E-state index in [1.165, 1.54) is 12.1 Å². The lowest BCUT2D eigenvalue weighted by Gasteiger charge is -2.21. The van der Waals surface area contributed by atoms with Crippen molar-refractivity contribution >= 4 is 15.4 Å². The van der Waals surface area contributed by atoms with Crippen molar-refractivity contribution in [2.45, 2.75) is 35.9 Å². The Morgan fingerprint density at radius 3 is 2.48 bits per heavy atom. The zero-order chi connectivity index (χ0) is 15.4. The molecule has 3 rings (SSSR count). The Hall–Kier alpha value is -1.37. The maximum absolute atomic E-state index is 14.1. The summed E-state index contributed by atoms with van der Waals surface area (Å²) in [7, 11) is -3.24. The van der Waals surface area contributed by atoms with Crippen molar-refractivity contribution < 1.29 is 26.0 Å². The van der Waals surface area contributed by atoms with Crippen LogP contribution in [0.2, 0.25) is 0 Å². The second-order valence-corrected chi connectivity index (χ2v) is 7.84. The van der Waals surface area contributed by atoms with E-state index in [1.807, 2.05) is 0 Å². The molecule has 0 amide bonds. The Kier molecular flexibility index (Phi) is 3.16. The molecule has 0 N–H and O–H groups in total. The first-order chi connectivity index (χ1) is 9.71. The molecule has 0 radical (unpaired) electrons. The second-order valence-electron chi connectivity index (χ2n) is 5.39. The first-order valence-electron chi connectivity index (χ1n) is 6.50. The molecule has 2 unspecified atom stereocenters. The summed E-state index contributed by atoms with van der Waals surface area (Å²) < 4.78 is 76.2. The number of sulfone groups is 1. The minimum Gasteiger partial charge on any atom is -0.228 e. The van der Waals surface area contributed by atoms with E-state index in [1.54, 1.807) is 0 Å². The average Bonchev–Trinajstić information content (AvgIpc) is 2.57. The van der Waals surface area contributed by atoms with Gasteiger partial charge in [-0.15, -0.1) is 0 Å². The molecule has 1 saturated heterocycles. The molecule has 1 aromatic carbocycles. The van der Waals surface area contributed by atoms with Crippen LogP contribution in [-0.4, -0.2) is 18.9 Å². The minimum absolute atomic E-state index is 0.0804. The van der Waals surface area contributed by atoms with Crippen molar-refractivity contribution in [3.05, 3.63) is 41.2 Å². The fourth-order valence-electron chi connectivity index (χ4n) is 3.06. The van der Waals surface area contributed by atoms with Crippen molar-refractivity contribution in [3.8, 4) is 0 Å². The molecule has 21 heavy (non-hydrogen) atoms. The number of benzene rings is 1. The number of allylic oxidation sites excluding steroid dienone is 1. The van der Waals surface area contributed by atoms with Crippen LogP contribution < -0.4 is 0 Å². The molecule has 0 aliphatic carbocycles. The van der Waals surface area contributed by atoms with E-state index in [4.69, 9.17) is 0 Å². The number of alkyl halides is 3. The fourth-order valence-corrected chi connectivity index (χ4v) is 5.25. The highest BCUT2D eigenvalue weighted by Gasteiger charge is 2.44. The van der Waals surface area contributed by atoms with Gasteiger partial charge in [0.2, 0.25) is 0 Å². The smallest absolute Gasteiger partial charge is 0.228 e. The summed E-state index contributed by atoms with van der Waals surface area (Å²) in [6.45, 7) is 0. The topological polar surface area (TPSA) is 34.1 Å². The molecule has 2 nitrogen and oxygen atoms in total. The average molecular weight is 320 g/mol. The molecule has 2 atom stereocenters. The summed E-state index contributed by atoms with van der Waals surface area (Å²) in [5.41, 5.74) is -1.10. The van der Waals surface area contributed by atoms with E-state index in [-0.39, 0.29) is 12.0 Å². The van der Waals surface area contributed by atoms with Gasteiger partial charge in [0.25, 0.3) is 0 Å². The van der Waals surface area contributed by atoms with E-state index in [0.717, 1.165) is 6.07 Å². The Morgan fingerprint density at radius 2 is 1.86 bits per heavy atom. The van der Waals surface area contributed by atoms with Crippen molar-refractivity contribution in [1.82, 2.24) is 0 Å². The Labute approximate surface area is 119 Å². The standard InChI is InChI=1S/C14H12F4O2S/c15-13-11(2-1-3-12(13)14(16,17)18)8-6-9-4-5-10(7-8)21(9,19)20/h1-3,6,9-10H,4-5,7H2. The van der Waals surface area contributed by atoms with Gasteiger partial charge in [-0.05, 0) is 30.9 Å². The molecular formula is C14H12F4O2S. The quantitative estimate of drug-likeness (QED) is 0.741. The lowest BCUT2D eigenvalue weighted by Crippen LogP contribution is -2.26. The van der Waals surface area contributed by atoms with Crippen LogP contribution >= 0.6 is 0 Å². The number of halogens is 4. The molecule has 0 aromatic heterocycles. The van der Waals surface area contributed by atoms with Gasteiger partial charge in [-0.2, -0.15) is 13.2 Å². The number of fused-ring (bicyclic) bond motifs is 2. The van der Waals surface area contributed by atoms with Gasteiger partial charge in [0.05, 0.1) is 16.1 Å². The molecular weight excluding hydrogens is 308 g/mol. The highest BCUT2D eigenvalue weighted by atomic mass is 32.2. The normalized spacial score (nSPS) is 27.5. The second kappa shape index (κ2) is 4.56. The molecule has 0 spiro atoms. The molecule has 2 aliphatic heterocycles. The van der Waals surface area contributed by atoms with Gasteiger partial charge >= 0.3 is 6.18 Å². The third-order valence-corrected chi connectivity index (χ3v) is 6.69. The third kappa shape index (κ3) is 2.27. The predicted octanol–water partition coefficient (Wildman–Crippen LogP) is 3.58. The maximum atomic E-state index is 14.1. The maximum Gasteiger partial charge on any atom is 0.419 e. The number of rotatable bonds is 1. The van der Waals surface area contributed by atoms with Crippen LogP contribution in [-0.2, 0) is 16.0 Å². The van der Waals surface area contributed by atoms with E-state index < -0.39 is 37.9 Å². The molecule has 7 heteroatoms. The summed E-state index contributed by atoms with van der Waals surface area (Å²) >= 11 is 0. The Balaban J connectivity index is 2.08. The molecule has 0 saturated carbocycles. The van der Waals surface area contributed by atoms with Gasteiger partial charge in [-0.1, -0.05) is 18.2 Å². The van der Waals surface area contributed by atoms with Crippen LogP contribution in [0.25, 0.3) is 5.57 Å². The minimum atomic E-state index is -4.76. The Bertz CT molecular complexity index is 719. The van der Waals surface area contributed by atoms with Crippen LogP contribution in [0.15, 0.2) is 24.3 Å². The molecule has 114 valence electrons. The number of hydrogen-bond acceptors (Lipinski definition) is 2. The first kappa shape index (κ1) is 14.6. The van der Waals surface area contributed by atoms with Crippen LogP contribution in [0.5, 0.6) is 0 Å². The third-order valence-electron chi connectivity index (χ3n) is 4.14. The van der Waals surface area contributed by atoms with Gasteiger partial charge in [0.1, 0.15) is 5.82 Å². The van der Waals surface area contributed by atoms with Crippen molar-refractivity contribution in [1.29, 1.82) is 0 Å². The van der Waals surface area contributed by atoms with E-state index >= 15 is 0 Å². The lowest BCUT2D eigenvalue weighted by molar-refractivity contribution is -0.140. The summed E-state index contributed by atoms with van der Waals surface area (Å²) in [6, 6.07) is 3.11. The van der Waals surface area contributed by atoms with Gasteiger partial charge in [-0.3, -0.25) is 0 Å². The summed E-state index contributed by atoms with van der Waals surface area (Å²) in [5.74, 6) is -1.32. The molecule has 1 fully saturated rings. The van der Waals surface area contributed by atoms with Crippen LogP contribution in [0.4, 0.5) is 17.6 Å². The molecule has 1 aromatic rings. The van der Waals surface area contributed by atoms with Crippen LogP contribution in [0.3, 0.4) is 0 Å². The van der Waals surface area contributed by atoms with Crippen LogP contribution in [0.1, 0.15) is 30.4 Å². The highest BCUT2D eigenvalue weighted by molar-refractivity contribution is 7.93. The zero-order valence-corrected chi connectivity index (χ0v) is 11.6. The summed E-state index contributed by atoms with van der Waals surface area (Å²) in [4.78, 5) is 0. The van der Waals surface area contributed by atoms with Gasteiger partial charge in [-0.25, -0.2) is 12.8 Å². The van der Waals surface area contributed by atoms with Crippen LogP contribution in [0, 0.1) is 5.82 Å². The molecule has 2 bridgehead atoms. The number of hydrogen-bond donors (Lipinski definition) is 0. The van der Waals surface area contributed by atoms with Gasteiger partial charge in [0.15, 0.2) is 9.84 Å². The summed E-state index contributed by atoms with van der Waals surface area (Å²) in [6.07, 6.45) is -2.33. The van der Waals surface area contributed by atoms with Crippen molar-refractivity contribution in [2.75, 3.05) is 0 Å². The molecule has 2 aliphatic rings. The fraction of sp³-hybridized carbons (Fsp3) is 0.429. The largest absolute Gasteiger partial charge is 0.419 e. The van der Waals surface area contributed by atoms with Gasteiger partial charge in [0, 0.05) is 5.56 Å². The van der Waals surface area contributed by atoms with Crippen molar-refractivity contribution in [3.63, 3.8) is 0 Å². The monoisotopic (exact) mass is 320 g/mol. The van der Waals surface area contributed by atoms with Crippen molar-refractivity contribution in [2.24, 2.45) is 0 Å². The summed E-state index contributed by atoms with van der Waals surface area (Å²) in [5, 5.41) is -1.29. The lowest BCUT2D eigenvalue weighted by atomic mass is 9.98. The van der Waals surface area contributed by atoms with E-state index in [9.17, 15) is 26.0 Å². The highest BCUT2D eigenvalue weighted by Crippen LogP contribution is 2.42. The SMILES string of the molecule is O=S1(=O)C2C=C(c3cccc(C(F)(F)F)c3F)CC1CC2. The Morgan fingerprint density at radius 1 is 1.14 bits per heavy atom.